The van der Waals surface area contributed by atoms with Crippen molar-refractivity contribution in [2.24, 2.45) is 0 Å². The van der Waals surface area contributed by atoms with Gasteiger partial charge in [0.1, 0.15) is 5.75 Å². The molecule has 1 aromatic carbocycles. The quantitative estimate of drug-likeness (QED) is 0.844. The number of ether oxygens (including phenoxy) is 1. The van der Waals surface area contributed by atoms with Crippen molar-refractivity contribution in [3.8, 4) is 5.75 Å². The molecule has 1 aliphatic heterocycles. The number of para-hydroxylation sites is 1. The minimum absolute atomic E-state index is 0.611. The van der Waals surface area contributed by atoms with Gasteiger partial charge in [0, 0.05) is 12.1 Å². The van der Waals surface area contributed by atoms with Crippen molar-refractivity contribution < 1.29 is 4.74 Å². The van der Waals surface area contributed by atoms with Crippen molar-refractivity contribution >= 4 is 0 Å². The minimum Gasteiger partial charge on any atom is -0.496 e. The summed E-state index contributed by atoms with van der Waals surface area (Å²) in [5.41, 5.74) is 1.32. The van der Waals surface area contributed by atoms with Gasteiger partial charge >= 0.3 is 0 Å². The summed E-state index contributed by atoms with van der Waals surface area (Å²) in [6.45, 7) is 2.27. The molecular formula is C14H21NO. The Morgan fingerprint density at radius 2 is 2.12 bits per heavy atom. The van der Waals surface area contributed by atoms with Crippen molar-refractivity contribution in [3.63, 3.8) is 0 Å². The summed E-state index contributed by atoms with van der Waals surface area (Å²) in [5, 5.41) is 3.66. The fourth-order valence-corrected chi connectivity index (χ4v) is 2.54. The highest BCUT2D eigenvalue weighted by Crippen LogP contribution is 2.22. The molecule has 1 aromatic rings. The molecule has 1 aliphatic rings. The van der Waals surface area contributed by atoms with E-state index in [1.807, 2.05) is 12.1 Å². The molecule has 2 nitrogen and oxygen atoms in total. The first-order valence-corrected chi connectivity index (χ1v) is 6.17. The molecule has 1 saturated heterocycles. The second kappa shape index (κ2) is 5.35. The standard InChI is InChI=1S/C14H21NO/c1-11-6-5-8-13(15-11)10-12-7-3-4-9-14(12)16-2/h3-4,7,9,11,13,15H,5-6,8,10H2,1-2H3. The maximum atomic E-state index is 5.39. The zero-order valence-corrected chi connectivity index (χ0v) is 10.2. The Morgan fingerprint density at radius 1 is 1.31 bits per heavy atom. The van der Waals surface area contributed by atoms with Crippen LogP contribution in [0.2, 0.25) is 0 Å². The van der Waals surface area contributed by atoms with Gasteiger partial charge in [-0.2, -0.15) is 0 Å². The van der Waals surface area contributed by atoms with Crippen molar-refractivity contribution in [1.82, 2.24) is 5.32 Å². The fraction of sp³-hybridized carbons (Fsp3) is 0.571. The summed E-state index contributed by atoms with van der Waals surface area (Å²) in [6.07, 6.45) is 5.01. The van der Waals surface area contributed by atoms with Crippen LogP contribution >= 0.6 is 0 Å². The predicted octanol–water partition coefficient (Wildman–Crippen LogP) is 2.77. The van der Waals surface area contributed by atoms with Crippen molar-refractivity contribution in [2.45, 2.75) is 44.7 Å². The van der Waals surface area contributed by atoms with E-state index in [0.29, 0.717) is 12.1 Å². The lowest BCUT2D eigenvalue weighted by Crippen LogP contribution is -2.41. The molecule has 0 spiro atoms. The molecule has 16 heavy (non-hydrogen) atoms. The Hall–Kier alpha value is -1.02. The Morgan fingerprint density at radius 3 is 2.88 bits per heavy atom. The SMILES string of the molecule is COc1ccccc1CC1CCCC(C)N1. The van der Waals surface area contributed by atoms with Crippen molar-refractivity contribution in [2.75, 3.05) is 7.11 Å². The van der Waals surface area contributed by atoms with Gasteiger partial charge in [0.25, 0.3) is 0 Å². The summed E-state index contributed by atoms with van der Waals surface area (Å²) in [4.78, 5) is 0. The topological polar surface area (TPSA) is 21.3 Å². The molecule has 0 aliphatic carbocycles. The third kappa shape index (κ3) is 2.76. The summed E-state index contributed by atoms with van der Waals surface area (Å²) in [7, 11) is 1.75. The highest BCUT2D eigenvalue weighted by atomic mass is 16.5. The van der Waals surface area contributed by atoms with E-state index in [0.717, 1.165) is 12.2 Å². The molecule has 2 rings (SSSR count). The zero-order chi connectivity index (χ0) is 11.4. The maximum absolute atomic E-state index is 5.39. The molecule has 0 saturated carbocycles. The van der Waals surface area contributed by atoms with Gasteiger partial charge in [0.15, 0.2) is 0 Å². The maximum Gasteiger partial charge on any atom is 0.122 e. The van der Waals surface area contributed by atoms with Gasteiger partial charge in [0.05, 0.1) is 7.11 Å². The smallest absolute Gasteiger partial charge is 0.122 e. The van der Waals surface area contributed by atoms with Crippen molar-refractivity contribution in [3.05, 3.63) is 29.8 Å². The number of hydrogen-bond donors (Lipinski definition) is 1. The van der Waals surface area contributed by atoms with E-state index in [4.69, 9.17) is 4.74 Å². The van der Waals surface area contributed by atoms with Crippen LogP contribution in [0.1, 0.15) is 31.7 Å². The van der Waals surface area contributed by atoms with Gasteiger partial charge < -0.3 is 10.1 Å². The second-order valence-corrected chi connectivity index (χ2v) is 4.71. The Labute approximate surface area is 98.0 Å². The molecule has 0 radical (unpaired) electrons. The van der Waals surface area contributed by atoms with E-state index in [2.05, 4.69) is 24.4 Å². The second-order valence-electron chi connectivity index (χ2n) is 4.71. The van der Waals surface area contributed by atoms with Crippen LogP contribution in [0.3, 0.4) is 0 Å². The average molecular weight is 219 g/mol. The first kappa shape index (κ1) is 11.5. The lowest BCUT2D eigenvalue weighted by Gasteiger charge is -2.29. The fourth-order valence-electron chi connectivity index (χ4n) is 2.54. The van der Waals surface area contributed by atoms with Crippen LogP contribution in [0.5, 0.6) is 5.75 Å². The molecule has 1 heterocycles. The lowest BCUT2D eigenvalue weighted by atomic mass is 9.94. The van der Waals surface area contributed by atoms with Gasteiger partial charge in [-0.3, -0.25) is 0 Å². The van der Waals surface area contributed by atoms with Crippen LogP contribution in [0.4, 0.5) is 0 Å². The molecule has 2 atom stereocenters. The van der Waals surface area contributed by atoms with Gasteiger partial charge in [-0.25, -0.2) is 0 Å². The molecular weight excluding hydrogens is 198 g/mol. The number of benzene rings is 1. The summed E-state index contributed by atoms with van der Waals surface area (Å²) in [6, 6.07) is 9.60. The number of methoxy groups -OCH3 is 1. The Bertz CT molecular complexity index is 337. The van der Waals surface area contributed by atoms with E-state index >= 15 is 0 Å². The number of piperidine rings is 1. The summed E-state index contributed by atoms with van der Waals surface area (Å²) in [5.74, 6) is 1.02. The molecule has 0 amide bonds. The molecule has 1 N–H and O–H groups in total. The van der Waals surface area contributed by atoms with Crippen molar-refractivity contribution in [1.29, 1.82) is 0 Å². The van der Waals surface area contributed by atoms with Crippen LogP contribution in [0.25, 0.3) is 0 Å². The largest absolute Gasteiger partial charge is 0.496 e. The van der Waals surface area contributed by atoms with Gasteiger partial charge in [-0.15, -0.1) is 0 Å². The molecule has 2 heteroatoms. The first-order chi connectivity index (χ1) is 7.79. The van der Waals surface area contributed by atoms with Crippen LogP contribution in [-0.4, -0.2) is 19.2 Å². The average Bonchev–Trinajstić information content (AvgIpc) is 2.30. The van der Waals surface area contributed by atoms with Crippen LogP contribution in [-0.2, 0) is 6.42 Å². The molecule has 0 bridgehead atoms. The zero-order valence-electron chi connectivity index (χ0n) is 10.2. The molecule has 88 valence electrons. The number of hydrogen-bond acceptors (Lipinski definition) is 2. The van der Waals surface area contributed by atoms with E-state index in [1.54, 1.807) is 7.11 Å². The highest BCUT2D eigenvalue weighted by molar-refractivity contribution is 5.33. The van der Waals surface area contributed by atoms with E-state index in [1.165, 1.54) is 24.8 Å². The van der Waals surface area contributed by atoms with E-state index in [-0.39, 0.29) is 0 Å². The van der Waals surface area contributed by atoms with Crippen LogP contribution in [0.15, 0.2) is 24.3 Å². The minimum atomic E-state index is 0.611. The molecule has 2 unspecified atom stereocenters. The Kier molecular flexibility index (Phi) is 3.83. The number of rotatable bonds is 3. The van der Waals surface area contributed by atoms with Gasteiger partial charge in [0.2, 0.25) is 0 Å². The molecule has 1 fully saturated rings. The lowest BCUT2D eigenvalue weighted by molar-refractivity contribution is 0.329. The van der Waals surface area contributed by atoms with Gasteiger partial charge in [-0.1, -0.05) is 24.6 Å². The highest BCUT2D eigenvalue weighted by Gasteiger charge is 2.18. The van der Waals surface area contributed by atoms with E-state index < -0.39 is 0 Å². The third-order valence-corrected chi connectivity index (χ3v) is 3.37. The van der Waals surface area contributed by atoms with E-state index in [9.17, 15) is 0 Å². The molecule has 0 aromatic heterocycles. The first-order valence-electron chi connectivity index (χ1n) is 6.17. The normalized spacial score (nSPS) is 25.4. The van der Waals surface area contributed by atoms with Gasteiger partial charge in [-0.05, 0) is 37.8 Å². The summed E-state index contributed by atoms with van der Waals surface area (Å²) < 4.78 is 5.39. The Balaban J connectivity index is 2.02. The third-order valence-electron chi connectivity index (χ3n) is 3.37. The monoisotopic (exact) mass is 219 g/mol. The summed E-state index contributed by atoms with van der Waals surface area (Å²) >= 11 is 0. The predicted molar refractivity (Wildman–Crippen MR) is 66.9 cm³/mol. The van der Waals surface area contributed by atoms with Crippen LogP contribution in [0, 0.1) is 0 Å². The van der Waals surface area contributed by atoms with Crippen LogP contribution < -0.4 is 10.1 Å². The number of nitrogens with one attached hydrogen (secondary N) is 1.